The molecule has 0 N–H and O–H groups in total. The number of rotatable bonds is 5. The SMILES string of the molecule is CN(Cc1ccn(C)n1)C(=O)c1cc(Br)ccc1OC(F)F. The minimum absolute atomic E-state index is 0.0631. The van der Waals surface area contributed by atoms with Crippen LogP contribution in [-0.2, 0) is 13.6 Å². The molecule has 0 saturated heterocycles. The summed E-state index contributed by atoms with van der Waals surface area (Å²) in [7, 11) is 3.35. The standard InChI is InChI=1S/C14H14BrF2N3O2/c1-19(8-10-5-6-20(2)18-10)13(21)11-7-9(15)3-4-12(11)22-14(16)17/h3-7,14H,8H2,1-2H3. The second-order valence-corrected chi connectivity index (χ2v) is 5.58. The van der Waals surface area contributed by atoms with Crippen LogP contribution in [0.2, 0.25) is 0 Å². The summed E-state index contributed by atoms with van der Waals surface area (Å²) in [5.41, 5.74) is 0.762. The van der Waals surface area contributed by atoms with Gasteiger partial charge in [-0.1, -0.05) is 15.9 Å². The van der Waals surface area contributed by atoms with Crippen LogP contribution in [-0.4, -0.2) is 34.2 Å². The Morgan fingerprint density at radius 2 is 2.18 bits per heavy atom. The van der Waals surface area contributed by atoms with Gasteiger partial charge in [0.1, 0.15) is 5.75 Å². The van der Waals surface area contributed by atoms with Crippen molar-refractivity contribution in [1.82, 2.24) is 14.7 Å². The van der Waals surface area contributed by atoms with Crippen LogP contribution in [0, 0.1) is 0 Å². The molecule has 2 rings (SSSR count). The zero-order valence-electron chi connectivity index (χ0n) is 12.0. The summed E-state index contributed by atoms with van der Waals surface area (Å²) in [5.74, 6) is -0.585. The third-order valence-corrected chi connectivity index (χ3v) is 3.40. The van der Waals surface area contributed by atoms with Gasteiger partial charge in [-0.25, -0.2) is 0 Å². The Morgan fingerprint density at radius 1 is 1.45 bits per heavy atom. The van der Waals surface area contributed by atoms with Gasteiger partial charge in [-0.3, -0.25) is 9.48 Å². The van der Waals surface area contributed by atoms with Crippen molar-refractivity contribution in [3.8, 4) is 5.75 Å². The van der Waals surface area contributed by atoms with Gasteiger partial charge in [0.2, 0.25) is 0 Å². The molecule has 0 saturated carbocycles. The Balaban J connectivity index is 2.21. The molecule has 0 aliphatic carbocycles. The maximum absolute atomic E-state index is 12.5. The number of ether oxygens (including phenoxy) is 1. The number of aromatic nitrogens is 2. The summed E-state index contributed by atoms with van der Waals surface area (Å²) >= 11 is 3.22. The van der Waals surface area contributed by atoms with Crippen molar-refractivity contribution < 1.29 is 18.3 Å². The van der Waals surface area contributed by atoms with E-state index in [2.05, 4.69) is 25.8 Å². The summed E-state index contributed by atoms with van der Waals surface area (Å²) < 4.78 is 31.5. The van der Waals surface area contributed by atoms with Crippen LogP contribution < -0.4 is 4.74 Å². The van der Waals surface area contributed by atoms with Crippen molar-refractivity contribution >= 4 is 21.8 Å². The van der Waals surface area contributed by atoms with Gasteiger partial charge in [0.05, 0.1) is 17.8 Å². The zero-order chi connectivity index (χ0) is 16.3. The van der Waals surface area contributed by atoms with Crippen LogP contribution in [0.15, 0.2) is 34.9 Å². The van der Waals surface area contributed by atoms with E-state index in [9.17, 15) is 13.6 Å². The first-order valence-corrected chi connectivity index (χ1v) is 7.14. The van der Waals surface area contributed by atoms with Gasteiger partial charge in [-0.2, -0.15) is 13.9 Å². The third kappa shape index (κ3) is 4.03. The van der Waals surface area contributed by atoms with Crippen molar-refractivity contribution in [3.63, 3.8) is 0 Å². The number of hydrogen-bond acceptors (Lipinski definition) is 3. The average Bonchev–Trinajstić information content (AvgIpc) is 2.84. The summed E-state index contributed by atoms with van der Waals surface area (Å²) in [5, 5.41) is 4.18. The number of nitrogens with zero attached hydrogens (tertiary/aromatic N) is 3. The minimum atomic E-state index is -2.99. The first-order chi connectivity index (χ1) is 10.4. The van der Waals surface area contributed by atoms with Gasteiger partial charge < -0.3 is 9.64 Å². The van der Waals surface area contributed by atoms with Crippen LogP contribution in [0.3, 0.4) is 0 Å². The highest BCUT2D eigenvalue weighted by atomic mass is 79.9. The Labute approximate surface area is 134 Å². The van der Waals surface area contributed by atoms with E-state index in [1.807, 2.05) is 0 Å². The molecule has 0 spiro atoms. The molecule has 8 heteroatoms. The summed E-state index contributed by atoms with van der Waals surface area (Å²) in [4.78, 5) is 13.8. The van der Waals surface area contributed by atoms with E-state index < -0.39 is 12.5 Å². The molecule has 0 aliphatic rings. The van der Waals surface area contributed by atoms with Gasteiger partial charge in [-0.05, 0) is 24.3 Å². The predicted molar refractivity (Wildman–Crippen MR) is 79.8 cm³/mol. The Bertz CT molecular complexity index is 676. The maximum atomic E-state index is 12.5. The minimum Gasteiger partial charge on any atom is -0.434 e. The topological polar surface area (TPSA) is 47.4 Å². The van der Waals surface area contributed by atoms with Gasteiger partial charge in [0.25, 0.3) is 5.91 Å². The maximum Gasteiger partial charge on any atom is 0.387 e. The molecule has 0 bridgehead atoms. The highest BCUT2D eigenvalue weighted by Crippen LogP contribution is 2.26. The van der Waals surface area contributed by atoms with E-state index in [0.29, 0.717) is 10.2 Å². The fraction of sp³-hybridized carbons (Fsp3) is 0.286. The largest absolute Gasteiger partial charge is 0.434 e. The highest BCUT2D eigenvalue weighted by molar-refractivity contribution is 9.10. The molecule has 0 fully saturated rings. The summed E-state index contributed by atoms with van der Waals surface area (Å²) in [6.45, 7) is -2.73. The number of hydrogen-bond donors (Lipinski definition) is 0. The number of carbonyl (C=O) groups excluding carboxylic acids is 1. The Morgan fingerprint density at radius 3 is 2.77 bits per heavy atom. The molecule has 2 aromatic rings. The van der Waals surface area contributed by atoms with Gasteiger partial charge >= 0.3 is 6.61 Å². The average molecular weight is 374 g/mol. The van der Waals surface area contributed by atoms with Crippen molar-refractivity contribution in [2.45, 2.75) is 13.2 Å². The molecule has 1 aromatic carbocycles. The van der Waals surface area contributed by atoms with Crippen LogP contribution in [0.5, 0.6) is 5.75 Å². The van der Waals surface area contributed by atoms with Gasteiger partial charge in [-0.15, -0.1) is 0 Å². The smallest absolute Gasteiger partial charge is 0.387 e. The van der Waals surface area contributed by atoms with Crippen LogP contribution in [0.25, 0.3) is 0 Å². The van der Waals surface area contributed by atoms with E-state index in [1.165, 1.54) is 23.1 Å². The van der Waals surface area contributed by atoms with E-state index in [4.69, 9.17) is 0 Å². The quantitative estimate of drug-likeness (QED) is 0.808. The summed E-state index contributed by atoms with van der Waals surface area (Å²) in [6.07, 6.45) is 1.76. The number of amides is 1. The van der Waals surface area contributed by atoms with Crippen LogP contribution >= 0.6 is 15.9 Å². The number of carbonyl (C=O) groups is 1. The molecule has 0 aliphatic heterocycles. The monoisotopic (exact) mass is 373 g/mol. The lowest BCUT2D eigenvalue weighted by atomic mass is 10.1. The Kier molecular flexibility index (Phi) is 5.12. The first kappa shape index (κ1) is 16.4. The fourth-order valence-corrected chi connectivity index (χ4v) is 2.30. The molecule has 0 radical (unpaired) electrons. The van der Waals surface area contributed by atoms with E-state index in [0.717, 1.165) is 0 Å². The molecular formula is C14H14BrF2N3O2. The molecule has 1 aromatic heterocycles. The third-order valence-electron chi connectivity index (χ3n) is 2.90. The molecule has 0 unspecified atom stereocenters. The van der Waals surface area contributed by atoms with Gasteiger partial charge in [0, 0.05) is 24.8 Å². The lowest BCUT2D eigenvalue weighted by molar-refractivity contribution is -0.0502. The lowest BCUT2D eigenvalue weighted by Crippen LogP contribution is -2.27. The second-order valence-electron chi connectivity index (χ2n) is 4.66. The molecule has 118 valence electrons. The van der Waals surface area contributed by atoms with E-state index >= 15 is 0 Å². The van der Waals surface area contributed by atoms with Crippen molar-refractivity contribution in [1.29, 1.82) is 0 Å². The van der Waals surface area contributed by atoms with Crippen LogP contribution in [0.1, 0.15) is 16.1 Å². The highest BCUT2D eigenvalue weighted by Gasteiger charge is 2.20. The van der Waals surface area contributed by atoms with Crippen molar-refractivity contribution in [2.24, 2.45) is 7.05 Å². The van der Waals surface area contributed by atoms with Crippen molar-refractivity contribution in [2.75, 3.05) is 7.05 Å². The zero-order valence-corrected chi connectivity index (χ0v) is 13.5. The second kappa shape index (κ2) is 6.87. The molecule has 1 heterocycles. The summed E-state index contributed by atoms with van der Waals surface area (Å²) in [6, 6.07) is 6.10. The Hall–Kier alpha value is -1.96. The molecular weight excluding hydrogens is 360 g/mol. The molecule has 22 heavy (non-hydrogen) atoms. The molecule has 0 atom stereocenters. The number of benzene rings is 1. The number of aryl methyl sites for hydroxylation is 1. The molecule has 5 nitrogen and oxygen atoms in total. The van der Waals surface area contributed by atoms with Gasteiger partial charge in [0.15, 0.2) is 0 Å². The first-order valence-electron chi connectivity index (χ1n) is 6.35. The molecule has 1 amide bonds. The lowest BCUT2D eigenvalue weighted by Gasteiger charge is -2.18. The van der Waals surface area contributed by atoms with E-state index in [-0.39, 0.29) is 17.9 Å². The predicted octanol–water partition coefficient (Wildman–Crippen LogP) is 3.06. The normalized spacial score (nSPS) is 10.8. The van der Waals surface area contributed by atoms with Crippen LogP contribution in [0.4, 0.5) is 8.78 Å². The fourth-order valence-electron chi connectivity index (χ4n) is 1.94. The number of halogens is 3. The van der Waals surface area contributed by atoms with Crippen molar-refractivity contribution in [3.05, 3.63) is 46.2 Å². The number of alkyl halides is 2. The van der Waals surface area contributed by atoms with E-state index in [1.54, 1.807) is 31.0 Å².